The Bertz CT molecular complexity index is 1190. The molecule has 0 bridgehead atoms. The number of pyridine rings is 2. The molecule has 0 atom stereocenters. The largest absolute Gasteiger partial charge is 0.349 e. The van der Waals surface area contributed by atoms with Crippen LogP contribution in [-0.4, -0.2) is 32.2 Å². The van der Waals surface area contributed by atoms with Crippen molar-refractivity contribution >= 4 is 28.5 Å². The third-order valence-electron chi connectivity index (χ3n) is 4.50. The summed E-state index contributed by atoms with van der Waals surface area (Å²) < 4.78 is 1.75. The number of carbonyl (C=O) groups excluding carboxylic acids is 1. The van der Waals surface area contributed by atoms with Gasteiger partial charge in [0, 0.05) is 29.5 Å². The second-order valence-corrected chi connectivity index (χ2v) is 6.83. The zero-order chi connectivity index (χ0) is 20.2. The van der Waals surface area contributed by atoms with Crippen LogP contribution in [0.4, 0.5) is 0 Å². The molecular weight excluding hydrogens is 386 g/mol. The van der Waals surface area contributed by atoms with Crippen LogP contribution >= 0.6 is 11.6 Å². The molecule has 0 aliphatic rings. The molecule has 0 aliphatic heterocycles. The maximum absolute atomic E-state index is 12.8. The molecule has 144 valence electrons. The molecule has 6 nitrogen and oxygen atoms in total. The molecule has 7 heteroatoms. The summed E-state index contributed by atoms with van der Waals surface area (Å²) in [5.41, 5.74) is 3.49. The Morgan fingerprint density at radius 2 is 2.07 bits per heavy atom. The molecule has 0 aliphatic carbocycles. The van der Waals surface area contributed by atoms with E-state index in [4.69, 9.17) is 16.6 Å². The van der Waals surface area contributed by atoms with Gasteiger partial charge in [-0.25, -0.2) is 9.67 Å². The first-order chi connectivity index (χ1) is 14.2. The van der Waals surface area contributed by atoms with E-state index in [1.165, 1.54) is 0 Å². The SMILES string of the molecule is C=CCNC(=O)c1cc(-c2cccnc2)nc2c1cnn2Cc1ccccc1Cl. The van der Waals surface area contributed by atoms with Crippen molar-refractivity contribution in [1.82, 2.24) is 25.1 Å². The molecule has 1 amide bonds. The summed E-state index contributed by atoms with van der Waals surface area (Å²) in [5.74, 6) is -0.209. The standard InChI is InChI=1S/C22H18ClN5O/c1-2-9-25-22(29)17-11-20(15-7-5-10-24-12-15)27-21-18(17)13-26-28(21)14-16-6-3-4-8-19(16)23/h2-8,10-13H,1,9,14H2,(H,25,29). The molecular formula is C22H18ClN5O. The molecule has 3 aromatic heterocycles. The third kappa shape index (κ3) is 3.88. The molecule has 0 saturated heterocycles. The first-order valence-corrected chi connectivity index (χ1v) is 9.44. The van der Waals surface area contributed by atoms with Gasteiger partial charge in [0.1, 0.15) is 0 Å². The van der Waals surface area contributed by atoms with Crippen LogP contribution in [0.25, 0.3) is 22.3 Å². The molecule has 0 unspecified atom stereocenters. The van der Waals surface area contributed by atoms with Crippen molar-refractivity contribution < 1.29 is 4.79 Å². The van der Waals surface area contributed by atoms with Crippen LogP contribution < -0.4 is 5.32 Å². The summed E-state index contributed by atoms with van der Waals surface area (Å²) in [6, 6.07) is 13.1. The Labute approximate surface area is 172 Å². The number of nitrogens with one attached hydrogen (secondary N) is 1. The predicted molar refractivity (Wildman–Crippen MR) is 114 cm³/mol. The second kappa shape index (κ2) is 8.24. The van der Waals surface area contributed by atoms with Crippen LogP contribution in [0, 0.1) is 0 Å². The lowest BCUT2D eigenvalue weighted by Gasteiger charge is -2.09. The van der Waals surface area contributed by atoms with E-state index >= 15 is 0 Å². The highest BCUT2D eigenvalue weighted by Gasteiger charge is 2.18. The summed E-state index contributed by atoms with van der Waals surface area (Å²) >= 11 is 6.32. The van der Waals surface area contributed by atoms with Gasteiger partial charge in [-0.1, -0.05) is 35.9 Å². The van der Waals surface area contributed by atoms with E-state index in [0.717, 1.165) is 11.1 Å². The van der Waals surface area contributed by atoms with E-state index in [2.05, 4.69) is 22.0 Å². The first-order valence-electron chi connectivity index (χ1n) is 9.07. The van der Waals surface area contributed by atoms with E-state index < -0.39 is 0 Å². The van der Waals surface area contributed by atoms with Gasteiger partial charge in [-0.15, -0.1) is 6.58 Å². The van der Waals surface area contributed by atoms with Gasteiger partial charge in [0.05, 0.1) is 29.4 Å². The Kier molecular flexibility index (Phi) is 5.35. The number of benzene rings is 1. The number of halogens is 1. The van der Waals surface area contributed by atoms with Gasteiger partial charge in [0.25, 0.3) is 5.91 Å². The highest BCUT2D eigenvalue weighted by molar-refractivity contribution is 6.31. The summed E-state index contributed by atoms with van der Waals surface area (Å²) in [7, 11) is 0. The number of hydrogen-bond donors (Lipinski definition) is 1. The Hall–Kier alpha value is -3.51. The Balaban J connectivity index is 1.86. The second-order valence-electron chi connectivity index (χ2n) is 6.43. The molecule has 0 fully saturated rings. The lowest BCUT2D eigenvalue weighted by molar-refractivity contribution is 0.0959. The van der Waals surface area contributed by atoms with E-state index in [0.29, 0.717) is 40.4 Å². The summed E-state index contributed by atoms with van der Waals surface area (Å²) in [5, 5.41) is 8.63. The summed E-state index contributed by atoms with van der Waals surface area (Å²) in [4.78, 5) is 21.7. The fourth-order valence-electron chi connectivity index (χ4n) is 3.06. The number of carbonyl (C=O) groups is 1. The maximum atomic E-state index is 12.8. The van der Waals surface area contributed by atoms with E-state index in [9.17, 15) is 4.79 Å². The maximum Gasteiger partial charge on any atom is 0.252 e. The number of hydrogen-bond acceptors (Lipinski definition) is 4. The van der Waals surface area contributed by atoms with Crippen LogP contribution in [0.2, 0.25) is 5.02 Å². The zero-order valence-corrected chi connectivity index (χ0v) is 16.3. The van der Waals surface area contributed by atoms with E-state index in [1.54, 1.807) is 35.4 Å². The van der Waals surface area contributed by atoms with Crippen molar-refractivity contribution in [2.24, 2.45) is 0 Å². The summed E-state index contributed by atoms with van der Waals surface area (Å²) in [6.07, 6.45) is 6.71. The minimum atomic E-state index is -0.209. The minimum absolute atomic E-state index is 0.209. The van der Waals surface area contributed by atoms with Gasteiger partial charge in [-0.3, -0.25) is 9.78 Å². The first kappa shape index (κ1) is 18.8. The van der Waals surface area contributed by atoms with Crippen LogP contribution in [-0.2, 0) is 6.54 Å². The molecule has 4 rings (SSSR count). The smallest absolute Gasteiger partial charge is 0.252 e. The fourth-order valence-corrected chi connectivity index (χ4v) is 3.26. The number of amides is 1. The van der Waals surface area contributed by atoms with Gasteiger partial charge in [-0.2, -0.15) is 5.10 Å². The molecule has 3 heterocycles. The van der Waals surface area contributed by atoms with Crippen LogP contribution in [0.3, 0.4) is 0 Å². The average molecular weight is 404 g/mol. The van der Waals surface area contributed by atoms with Crippen LogP contribution in [0.15, 0.2) is 73.7 Å². The molecule has 0 spiro atoms. The van der Waals surface area contributed by atoms with Gasteiger partial charge in [-0.05, 0) is 29.8 Å². The molecule has 29 heavy (non-hydrogen) atoms. The van der Waals surface area contributed by atoms with E-state index in [-0.39, 0.29) is 5.91 Å². The van der Waals surface area contributed by atoms with Crippen molar-refractivity contribution in [2.45, 2.75) is 6.54 Å². The van der Waals surface area contributed by atoms with Crippen molar-refractivity contribution in [3.63, 3.8) is 0 Å². The quantitative estimate of drug-likeness (QED) is 0.492. The number of nitrogens with zero attached hydrogens (tertiary/aromatic N) is 4. The Morgan fingerprint density at radius 3 is 2.83 bits per heavy atom. The minimum Gasteiger partial charge on any atom is -0.349 e. The number of rotatable bonds is 6. The molecule has 4 aromatic rings. The third-order valence-corrected chi connectivity index (χ3v) is 4.86. The van der Waals surface area contributed by atoms with Crippen molar-refractivity contribution in [3.05, 3.63) is 89.9 Å². The van der Waals surface area contributed by atoms with Gasteiger partial charge in [0.15, 0.2) is 5.65 Å². The molecule has 0 radical (unpaired) electrons. The van der Waals surface area contributed by atoms with Crippen molar-refractivity contribution in [2.75, 3.05) is 6.54 Å². The zero-order valence-electron chi connectivity index (χ0n) is 15.5. The predicted octanol–water partition coefficient (Wildman–Crippen LogP) is 4.11. The fraction of sp³-hybridized carbons (Fsp3) is 0.0909. The van der Waals surface area contributed by atoms with Gasteiger partial charge >= 0.3 is 0 Å². The van der Waals surface area contributed by atoms with Gasteiger partial charge in [0.2, 0.25) is 0 Å². The lowest BCUT2D eigenvalue weighted by Crippen LogP contribution is -2.23. The highest BCUT2D eigenvalue weighted by Crippen LogP contribution is 2.26. The van der Waals surface area contributed by atoms with E-state index in [1.807, 2.05) is 36.4 Å². The lowest BCUT2D eigenvalue weighted by atomic mass is 10.1. The van der Waals surface area contributed by atoms with Crippen LogP contribution in [0.5, 0.6) is 0 Å². The van der Waals surface area contributed by atoms with Gasteiger partial charge < -0.3 is 5.32 Å². The molecule has 1 N–H and O–H groups in total. The van der Waals surface area contributed by atoms with Crippen LogP contribution in [0.1, 0.15) is 15.9 Å². The number of aromatic nitrogens is 4. The normalized spacial score (nSPS) is 10.8. The highest BCUT2D eigenvalue weighted by atomic mass is 35.5. The molecule has 0 saturated carbocycles. The Morgan fingerprint density at radius 1 is 1.21 bits per heavy atom. The van der Waals surface area contributed by atoms with Crippen molar-refractivity contribution in [3.8, 4) is 11.3 Å². The topological polar surface area (TPSA) is 72.7 Å². The summed E-state index contributed by atoms with van der Waals surface area (Å²) in [6.45, 7) is 4.47. The number of fused-ring (bicyclic) bond motifs is 1. The average Bonchev–Trinajstić information content (AvgIpc) is 3.16. The van der Waals surface area contributed by atoms with Crippen molar-refractivity contribution in [1.29, 1.82) is 0 Å². The monoisotopic (exact) mass is 403 g/mol. The molecule has 1 aromatic carbocycles.